The lowest BCUT2D eigenvalue weighted by atomic mass is 10.0. The third-order valence-electron chi connectivity index (χ3n) is 5.49. The van der Waals surface area contributed by atoms with Crippen molar-refractivity contribution < 1.29 is 9.90 Å². The molecule has 29 heavy (non-hydrogen) atoms. The third-order valence-corrected chi connectivity index (χ3v) is 5.73. The summed E-state index contributed by atoms with van der Waals surface area (Å²) in [4.78, 5) is 18.7. The molecule has 0 unspecified atom stereocenters. The van der Waals surface area contributed by atoms with Crippen molar-refractivity contribution >= 4 is 39.8 Å². The number of para-hydroxylation sites is 1. The highest BCUT2D eigenvalue weighted by molar-refractivity contribution is 6.31. The van der Waals surface area contributed by atoms with Crippen LogP contribution in [0.25, 0.3) is 10.9 Å². The predicted octanol–water partition coefficient (Wildman–Crippen LogP) is 5.36. The van der Waals surface area contributed by atoms with Crippen molar-refractivity contribution in [2.75, 3.05) is 25.0 Å². The lowest BCUT2D eigenvalue weighted by molar-refractivity contribution is 0.0698. The van der Waals surface area contributed by atoms with E-state index in [4.69, 9.17) is 11.6 Å². The molecule has 0 atom stereocenters. The van der Waals surface area contributed by atoms with Gasteiger partial charge in [0.15, 0.2) is 0 Å². The topological polar surface area (TPSA) is 65.5 Å². The van der Waals surface area contributed by atoms with Gasteiger partial charge in [0.25, 0.3) is 0 Å². The van der Waals surface area contributed by atoms with Gasteiger partial charge in [-0.2, -0.15) is 0 Å². The Hall–Kier alpha value is -2.63. The largest absolute Gasteiger partial charge is 0.478 e. The lowest BCUT2D eigenvalue weighted by Crippen LogP contribution is -2.31. The van der Waals surface area contributed by atoms with Crippen molar-refractivity contribution in [3.05, 3.63) is 64.8 Å². The Labute approximate surface area is 175 Å². The van der Waals surface area contributed by atoms with E-state index in [0.717, 1.165) is 48.2 Å². The number of aromatic carboxylic acids is 1. The van der Waals surface area contributed by atoms with Gasteiger partial charge in [-0.05, 0) is 68.2 Å². The fourth-order valence-corrected chi connectivity index (χ4v) is 4.13. The quantitative estimate of drug-likeness (QED) is 0.573. The highest BCUT2D eigenvalue weighted by Crippen LogP contribution is 2.31. The smallest absolute Gasteiger partial charge is 0.337 e. The minimum Gasteiger partial charge on any atom is -0.478 e. The van der Waals surface area contributed by atoms with Gasteiger partial charge in [0.1, 0.15) is 0 Å². The zero-order valence-electron chi connectivity index (χ0n) is 16.2. The van der Waals surface area contributed by atoms with E-state index in [1.807, 2.05) is 36.4 Å². The summed E-state index contributed by atoms with van der Waals surface area (Å²) in [6.45, 7) is 3.18. The van der Waals surface area contributed by atoms with Gasteiger partial charge in [0.2, 0.25) is 0 Å². The molecule has 0 aliphatic carbocycles. The third kappa shape index (κ3) is 4.52. The number of benzene rings is 2. The van der Waals surface area contributed by atoms with Crippen LogP contribution in [0.4, 0.5) is 11.4 Å². The van der Waals surface area contributed by atoms with Crippen LogP contribution >= 0.6 is 11.6 Å². The number of carboxylic acid groups (broad SMARTS) is 1. The van der Waals surface area contributed by atoms with Crippen LogP contribution < -0.4 is 5.32 Å². The fraction of sp³-hybridized carbons (Fsp3) is 0.304. The molecule has 150 valence electrons. The number of hydrogen-bond donors (Lipinski definition) is 2. The van der Waals surface area contributed by atoms with Crippen LogP contribution in [0.1, 0.15) is 35.2 Å². The summed E-state index contributed by atoms with van der Waals surface area (Å²) >= 11 is 6.10. The van der Waals surface area contributed by atoms with Gasteiger partial charge in [-0.3, -0.25) is 4.98 Å². The maximum Gasteiger partial charge on any atom is 0.337 e. The number of carbonyl (C=O) groups is 1. The summed E-state index contributed by atoms with van der Waals surface area (Å²) < 4.78 is 0. The molecule has 6 heteroatoms. The number of likely N-dealkylation sites (tertiary alicyclic amines) is 1. The number of nitrogens with one attached hydrogen (secondary N) is 1. The van der Waals surface area contributed by atoms with Crippen molar-refractivity contribution in [1.82, 2.24) is 9.88 Å². The van der Waals surface area contributed by atoms with Gasteiger partial charge < -0.3 is 15.3 Å². The number of aromatic nitrogens is 1. The normalized spacial score (nSPS) is 14.8. The van der Waals surface area contributed by atoms with Crippen molar-refractivity contribution in [3.63, 3.8) is 0 Å². The fourth-order valence-electron chi connectivity index (χ4n) is 3.96. The molecule has 0 radical (unpaired) electrons. The molecule has 1 aromatic heterocycles. The minimum absolute atomic E-state index is 0.278. The summed E-state index contributed by atoms with van der Waals surface area (Å²) in [6, 6.07) is 12.9. The molecular formula is C23H24ClN3O2. The lowest BCUT2D eigenvalue weighted by Gasteiger charge is -2.27. The molecule has 0 amide bonds. The Morgan fingerprint density at radius 3 is 2.76 bits per heavy atom. The summed E-state index contributed by atoms with van der Waals surface area (Å²) in [5.41, 5.74) is 3.53. The molecule has 2 heterocycles. The van der Waals surface area contributed by atoms with Gasteiger partial charge in [0.05, 0.1) is 16.8 Å². The van der Waals surface area contributed by atoms with Crippen LogP contribution in [0.2, 0.25) is 5.02 Å². The monoisotopic (exact) mass is 409 g/mol. The summed E-state index contributed by atoms with van der Waals surface area (Å²) in [7, 11) is 0. The molecule has 1 saturated heterocycles. The zero-order valence-corrected chi connectivity index (χ0v) is 17.0. The summed E-state index contributed by atoms with van der Waals surface area (Å²) in [5.74, 6) is -0.936. The molecule has 0 spiro atoms. The van der Waals surface area contributed by atoms with Crippen molar-refractivity contribution in [3.8, 4) is 0 Å². The highest BCUT2D eigenvalue weighted by atomic mass is 35.5. The molecule has 5 nitrogen and oxygen atoms in total. The molecule has 1 aliphatic heterocycles. The number of anilines is 2. The van der Waals surface area contributed by atoms with Crippen LogP contribution in [0.5, 0.6) is 0 Å². The van der Waals surface area contributed by atoms with Crippen LogP contribution in [-0.2, 0) is 6.42 Å². The molecular weight excluding hydrogens is 386 g/mol. The number of pyridine rings is 1. The number of piperidine rings is 1. The number of halogens is 1. The molecule has 0 saturated carbocycles. The van der Waals surface area contributed by atoms with Crippen LogP contribution in [0.3, 0.4) is 0 Å². The molecule has 1 aliphatic rings. The van der Waals surface area contributed by atoms with Gasteiger partial charge >= 0.3 is 5.97 Å². The first-order chi connectivity index (χ1) is 14.1. The van der Waals surface area contributed by atoms with Gasteiger partial charge in [-0.1, -0.05) is 30.2 Å². The van der Waals surface area contributed by atoms with Gasteiger partial charge in [0, 0.05) is 28.8 Å². The van der Waals surface area contributed by atoms with Gasteiger partial charge in [-0.15, -0.1) is 0 Å². The second kappa shape index (κ2) is 8.80. The molecule has 0 bridgehead atoms. The van der Waals surface area contributed by atoms with E-state index in [0.29, 0.717) is 10.7 Å². The maximum atomic E-state index is 11.9. The SMILES string of the molecule is O=C(O)c1cccc(CCN2CCCCC2)c1Nc1ccnc2cc(Cl)ccc12. The molecule has 2 N–H and O–H groups in total. The number of nitrogens with zero attached hydrogens (tertiary/aromatic N) is 2. The van der Waals surface area contributed by atoms with Crippen molar-refractivity contribution in [2.24, 2.45) is 0 Å². The number of carboxylic acids is 1. The molecule has 3 aromatic rings. The predicted molar refractivity (Wildman–Crippen MR) is 117 cm³/mol. The second-order valence-electron chi connectivity index (χ2n) is 7.44. The van der Waals surface area contributed by atoms with E-state index < -0.39 is 5.97 Å². The van der Waals surface area contributed by atoms with E-state index in [2.05, 4.69) is 15.2 Å². The standard InChI is InChI=1S/C23H24ClN3O2/c24-17-7-8-18-20(9-11-25-21(18)15-17)26-22-16(5-4-6-19(22)23(28)29)10-14-27-12-2-1-3-13-27/h4-9,11,15H,1-3,10,12-14H2,(H,25,26)(H,28,29). The number of fused-ring (bicyclic) bond motifs is 1. The first-order valence-corrected chi connectivity index (χ1v) is 10.4. The van der Waals surface area contributed by atoms with Crippen molar-refractivity contribution in [2.45, 2.75) is 25.7 Å². The maximum absolute atomic E-state index is 11.9. The Morgan fingerprint density at radius 2 is 1.97 bits per heavy atom. The van der Waals surface area contributed by atoms with E-state index >= 15 is 0 Å². The van der Waals surface area contributed by atoms with Crippen LogP contribution in [0.15, 0.2) is 48.7 Å². The van der Waals surface area contributed by atoms with Crippen molar-refractivity contribution in [1.29, 1.82) is 0 Å². The van der Waals surface area contributed by atoms with E-state index in [9.17, 15) is 9.90 Å². The van der Waals surface area contributed by atoms with Gasteiger partial charge in [-0.25, -0.2) is 4.79 Å². The summed E-state index contributed by atoms with van der Waals surface area (Å²) in [5, 5.41) is 14.7. The van der Waals surface area contributed by atoms with Crippen LogP contribution in [-0.4, -0.2) is 40.6 Å². The Bertz CT molecular complexity index is 1030. The number of hydrogen-bond acceptors (Lipinski definition) is 4. The first kappa shape index (κ1) is 19.7. The number of rotatable bonds is 6. The summed E-state index contributed by atoms with van der Waals surface area (Å²) in [6.07, 6.45) is 6.30. The average molecular weight is 410 g/mol. The Kier molecular flexibility index (Phi) is 5.97. The molecule has 1 fully saturated rings. The van der Waals surface area contributed by atoms with Crippen LogP contribution in [0, 0.1) is 0 Å². The Balaban J connectivity index is 1.67. The average Bonchev–Trinajstić information content (AvgIpc) is 2.73. The Morgan fingerprint density at radius 1 is 1.14 bits per heavy atom. The van der Waals surface area contributed by atoms with E-state index in [1.54, 1.807) is 12.3 Å². The zero-order chi connectivity index (χ0) is 20.2. The second-order valence-corrected chi connectivity index (χ2v) is 7.88. The first-order valence-electron chi connectivity index (χ1n) is 10.0. The minimum atomic E-state index is -0.936. The van der Waals surface area contributed by atoms with E-state index in [-0.39, 0.29) is 5.56 Å². The van der Waals surface area contributed by atoms with E-state index in [1.165, 1.54) is 19.3 Å². The highest BCUT2D eigenvalue weighted by Gasteiger charge is 2.17. The molecule has 4 rings (SSSR count). The molecule has 2 aromatic carbocycles.